The summed E-state index contributed by atoms with van der Waals surface area (Å²) in [5.41, 5.74) is 6.90. The Bertz CT molecular complexity index is 402. The number of likely N-dealkylation sites (tertiary alicyclic amines) is 1. The summed E-state index contributed by atoms with van der Waals surface area (Å²) in [6, 6.07) is 2.21. The van der Waals surface area contributed by atoms with Crippen molar-refractivity contribution in [3.63, 3.8) is 0 Å². The van der Waals surface area contributed by atoms with Gasteiger partial charge in [0.1, 0.15) is 0 Å². The highest BCUT2D eigenvalue weighted by Gasteiger charge is 2.32. The van der Waals surface area contributed by atoms with Crippen LogP contribution < -0.4 is 5.73 Å². The molecule has 1 aliphatic heterocycles. The van der Waals surface area contributed by atoms with Crippen LogP contribution in [0.5, 0.6) is 0 Å². The molecular formula is C13H20N2OS. The summed E-state index contributed by atoms with van der Waals surface area (Å²) in [5, 5.41) is 1.98. The van der Waals surface area contributed by atoms with E-state index < -0.39 is 0 Å². The van der Waals surface area contributed by atoms with Gasteiger partial charge in [-0.25, -0.2) is 0 Å². The summed E-state index contributed by atoms with van der Waals surface area (Å²) in [6.45, 7) is 5.60. The average molecular weight is 252 g/mol. The molecule has 0 aliphatic carbocycles. The van der Waals surface area contributed by atoms with Crippen LogP contribution in [0.2, 0.25) is 0 Å². The van der Waals surface area contributed by atoms with Gasteiger partial charge in [0.2, 0.25) is 0 Å². The van der Waals surface area contributed by atoms with E-state index in [4.69, 9.17) is 5.73 Å². The van der Waals surface area contributed by atoms with Gasteiger partial charge in [-0.2, -0.15) is 0 Å². The van der Waals surface area contributed by atoms with Crippen LogP contribution in [0.15, 0.2) is 11.4 Å². The van der Waals surface area contributed by atoms with E-state index in [0.29, 0.717) is 12.5 Å². The highest BCUT2D eigenvalue weighted by Crippen LogP contribution is 2.26. The molecule has 0 spiro atoms. The standard InChI is InChI=1S/C13H20N2OS/c1-9-4-3-6-15(11(9)8-14)13(16)12-10(2)5-7-17-12/h5,7,9,11H,3-4,6,8,14H2,1-2H3/t9-,11+/m1/s1. The van der Waals surface area contributed by atoms with Crippen LogP contribution in [0, 0.1) is 12.8 Å². The number of carbonyl (C=O) groups is 1. The molecular weight excluding hydrogens is 232 g/mol. The maximum absolute atomic E-state index is 12.5. The Labute approximate surface area is 107 Å². The molecule has 0 unspecified atom stereocenters. The van der Waals surface area contributed by atoms with Gasteiger partial charge < -0.3 is 10.6 Å². The van der Waals surface area contributed by atoms with Crippen LogP contribution in [-0.4, -0.2) is 29.9 Å². The summed E-state index contributed by atoms with van der Waals surface area (Å²) < 4.78 is 0. The topological polar surface area (TPSA) is 46.3 Å². The molecule has 17 heavy (non-hydrogen) atoms. The van der Waals surface area contributed by atoms with Gasteiger partial charge in [0, 0.05) is 19.1 Å². The zero-order valence-corrected chi connectivity index (χ0v) is 11.3. The molecule has 2 heterocycles. The number of thiophene rings is 1. The minimum absolute atomic E-state index is 0.166. The van der Waals surface area contributed by atoms with E-state index in [0.717, 1.165) is 23.4 Å². The van der Waals surface area contributed by atoms with Crippen molar-refractivity contribution in [2.45, 2.75) is 32.7 Å². The Morgan fingerprint density at radius 3 is 3.00 bits per heavy atom. The van der Waals surface area contributed by atoms with Crippen molar-refractivity contribution < 1.29 is 4.79 Å². The molecule has 1 aromatic heterocycles. The molecule has 2 atom stereocenters. The summed E-state index contributed by atoms with van der Waals surface area (Å²) >= 11 is 1.53. The summed E-state index contributed by atoms with van der Waals surface area (Å²) in [7, 11) is 0. The molecule has 0 radical (unpaired) electrons. The Balaban J connectivity index is 2.21. The highest BCUT2D eigenvalue weighted by atomic mass is 32.1. The molecule has 1 fully saturated rings. The molecule has 1 aromatic rings. The zero-order chi connectivity index (χ0) is 12.4. The smallest absolute Gasteiger partial charge is 0.264 e. The highest BCUT2D eigenvalue weighted by molar-refractivity contribution is 7.12. The maximum Gasteiger partial charge on any atom is 0.264 e. The van der Waals surface area contributed by atoms with Gasteiger partial charge in [0.05, 0.1) is 4.88 Å². The van der Waals surface area contributed by atoms with Crippen molar-refractivity contribution in [1.29, 1.82) is 0 Å². The number of rotatable bonds is 2. The van der Waals surface area contributed by atoms with Crippen LogP contribution in [0.4, 0.5) is 0 Å². The van der Waals surface area contributed by atoms with Crippen LogP contribution in [0.3, 0.4) is 0 Å². The molecule has 1 amide bonds. The van der Waals surface area contributed by atoms with Gasteiger partial charge in [-0.05, 0) is 42.7 Å². The summed E-state index contributed by atoms with van der Waals surface area (Å²) in [5.74, 6) is 0.678. The van der Waals surface area contributed by atoms with Crippen molar-refractivity contribution >= 4 is 17.2 Å². The quantitative estimate of drug-likeness (QED) is 0.877. The van der Waals surface area contributed by atoms with E-state index in [9.17, 15) is 4.79 Å². The van der Waals surface area contributed by atoms with Gasteiger partial charge in [-0.15, -0.1) is 11.3 Å². The lowest BCUT2D eigenvalue weighted by molar-refractivity contribution is 0.0537. The van der Waals surface area contributed by atoms with E-state index in [1.165, 1.54) is 17.8 Å². The predicted molar refractivity (Wildman–Crippen MR) is 71.3 cm³/mol. The summed E-state index contributed by atoms with van der Waals surface area (Å²) in [4.78, 5) is 15.3. The Kier molecular flexibility index (Phi) is 3.84. The van der Waals surface area contributed by atoms with E-state index in [-0.39, 0.29) is 11.9 Å². The second kappa shape index (κ2) is 5.19. The van der Waals surface area contributed by atoms with Crippen molar-refractivity contribution in [3.05, 3.63) is 21.9 Å². The molecule has 0 bridgehead atoms. The average Bonchev–Trinajstić information content (AvgIpc) is 2.74. The fourth-order valence-corrected chi connectivity index (χ4v) is 3.46. The van der Waals surface area contributed by atoms with Gasteiger partial charge in [-0.1, -0.05) is 6.92 Å². The first-order valence-corrected chi connectivity index (χ1v) is 7.08. The normalized spacial score (nSPS) is 25.0. The fourth-order valence-electron chi connectivity index (χ4n) is 2.58. The number of nitrogens with two attached hydrogens (primary N) is 1. The minimum atomic E-state index is 0.166. The van der Waals surface area contributed by atoms with Crippen molar-refractivity contribution in [3.8, 4) is 0 Å². The first-order chi connectivity index (χ1) is 8.15. The fraction of sp³-hybridized carbons (Fsp3) is 0.615. The Hall–Kier alpha value is -0.870. The van der Waals surface area contributed by atoms with Crippen molar-refractivity contribution in [2.24, 2.45) is 11.7 Å². The van der Waals surface area contributed by atoms with Gasteiger partial charge in [0.25, 0.3) is 5.91 Å². The number of aryl methyl sites for hydroxylation is 1. The van der Waals surface area contributed by atoms with Crippen LogP contribution in [0.1, 0.15) is 35.0 Å². The third kappa shape index (κ3) is 2.38. The predicted octanol–water partition coefficient (Wildman–Crippen LogP) is 2.26. The van der Waals surface area contributed by atoms with Crippen molar-refractivity contribution in [2.75, 3.05) is 13.1 Å². The van der Waals surface area contributed by atoms with Gasteiger partial charge in [-0.3, -0.25) is 4.79 Å². The number of hydrogen-bond acceptors (Lipinski definition) is 3. The monoisotopic (exact) mass is 252 g/mol. The maximum atomic E-state index is 12.5. The second-order valence-corrected chi connectivity index (χ2v) is 5.77. The molecule has 0 saturated carbocycles. The molecule has 94 valence electrons. The van der Waals surface area contributed by atoms with E-state index in [1.54, 1.807) is 0 Å². The number of nitrogens with zero attached hydrogens (tertiary/aromatic N) is 1. The molecule has 1 saturated heterocycles. The molecule has 3 nitrogen and oxygen atoms in total. The third-order valence-electron chi connectivity index (χ3n) is 3.67. The first kappa shape index (κ1) is 12.6. The molecule has 0 aromatic carbocycles. The lowest BCUT2D eigenvalue weighted by Crippen LogP contribution is -2.51. The van der Waals surface area contributed by atoms with E-state index in [1.807, 2.05) is 23.3 Å². The van der Waals surface area contributed by atoms with Crippen LogP contribution >= 0.6 is 11.3 Å². The molecule has 1 aliphatic rings. The first-order valence-electron chi connectivity index (χ1n) is 6.20. The van der Waals surface area contributed by atoms with Crippen LogP contribution in [0.25, 0.3) is 0 Å². The van der Waals surface area contributed by atoms with E-state index >= 15 is 0 Å². The number of piperidine rings is 1. The number of hydrogen-bond donors (Lipinski definition) is 1. The molecule has 4 heteroatoms. The van der Waals surface area contributed by atoms with Crippen molar-refractivity contribution in [1.82, 2.24) is 4.90 Å². The van der Waals surface area contributed by atoms with Gasteiger partial charge in [0.15, 0.2) is 0 Å². The lowest BCUT2D eigenvalue weighted by atomic mass is 9.90. The Morgan fingerprint density at radius 2 is 2.41 bits per heavy atom. The molecule has 2 rings (SSSR count). The molecule has 2 N–H and O–H groups in total. The Morgan fingerprint density at radius 1 is 1.65 bits per heavy atom. The SMILES string of the molecule is Cc1ccsc1C(=O)N1CCC[C@@H](C)[C@@H]1CN. The lowest BCUT2D eigenvalue weighted by Gasteiger charge is -2.39. The zero-order valence-electron chi connectivity index (χ0n) is 10.5. The minimum Gasteiger partial charge on any atom is -0.333 e. The second-order valence-electron chi connectivity index (χ2n) is 4.85. The summed E-state index contributed by atoms with van der Waals surface area (Å²) in [6.07, 6.45) is 2.27. The third-order valence-corrected chi connectivity index (χ3v) is 4.68. The number of amides is 1. The largest absolute Gasteiger partial charge is 0.333 e. The number of carbonyl (C=O) groups excluding carboxylic acids is 1. The van der Waals surface area contributed by atoms with Crippen LogP contribution in [-0.2, 0) is 0 Å². The van der Waals surface area contributed by atoms with Gasteiger partial charge >= 0.3 is 0 Å². The van der Waals surface area contributed by atoms with E-state index in [2.05, 4.69) is 6.92 Å².